The lowest BCUT2D eigenvalue weighted by molar-refractivity contribution is 0.201. The van der Waals surface area contributed by atoms with Crippen LogP contribution in [0.25, 0.3) is 0 Å². The first kappa shape index (κ1) is 15.2. The molecular weight excluding hydrogens is 224 g/mol. The van der Waals surface area contributed by atoms with Crippen LogP contribution < -0.4 is 11.1 Å². The van der Waals surface area contributed by atoms with E-state index in [4.69, 9.17) is 10.8 Å². The zero-order chi connectivity index (χ0) is 13.5. The zero-order valence-corrected chi connectivity index (χ0v) is 11.7. The van der Waals surface area contributed by atoms with Crippen molar-refractivity contribution in [3.8, 4) is 0 Å². The molecule has 0 amide bonds. The van der Waals surface area contributed by atoms with Crippen molar-refractivity contribution in [1.29, 1.82) is 0 Å². The van der Waals surface area contributed by atoms with Gasteiger partial charge in [-0.05, 0) is 30.4 Å². The summed E-state index contributed by atoms with van der Waals surface area (Å²) in [5.74, 6) is 0.231. The van der Waals surface area contributed by atoms with Gasteiger partial charge in [0, 0.05) is 25.2 Å². The molecule has 3 heteroatoms. The maximum atomic E-state index is 9.16. The predicted octanol–water partition coefficient (Wildman–Crippen LogP) is 1.86. The van der Waals surface area contributed by atoms with E-state index < -0.39 is 0 Å². The summed E-state index contributed by atoms with van der Waals surface area (Å²) in [6.45, 7) is 7.03. The monoisotopic (exact) mass is 250 g/mol. The Morgan fingerprint density at radius 1 is 1.22 bits per heavy atom. The summed E-state index contributed by atoms with van der Waals surface area (Å²) < 4.78 is 0. The van der Waals surface area contributed by atoms with Gasteiger partial charge in [0.2, 0.25) is 0 Å². The van der Waals surface area contributed by atoms with Crippen LogP contribution in [0.3, 0.4) is 0 Å². The maximum absolute atomic E-state index is 9.16. The molecule has 0 heterocycles. The lowest BCUT2D eigenvalue weighted by Crippen LogP contribution is -2.39. The number of rotatable bonds is 7. The maximum Gasteiger partial charge on any atom is 0.0471 e. The number of benzene rings is 1. The largest absolute Gasteiger partial charge is 0.396 e. The molecule has 0 aromatic heterocycles. The normalized spacial score (nSPS) is 16.3. The highest BCUT2D eigenvalue weighted by Crippen LogP contribution is 2.15. The Kier molecular flexibility index (Phi) is 6.33. The molecule has 0 aliphatic carbocycles. The van der Waals surface area contributed by atoms with E-state index >= 15 is 0 Å². The molecule has 3 atom stereocenters. The van der Waals surface area contributed by atoms with Gasteiger partial charge in [-0.3, -0.25) is 0 Å². The first-order chi connectivity index (χ1) is 8.62. The van der Waals surface area contributed by atoms with Gasteiger partial charge in [-0.15, -0.1) is 0 Å². The molecule has 0 aliphatic rings. The standard InChI is InChI=1S/C15H26N2O/c1-4-13-5-7-14(8-6-13)15(9-16)17-12(3)11(2)10-18/h5-8,11-12,15,17-18H,4,9-10,16H2,1-3H3. The third-order valence-corrected chi connectivity index (χ3v) is 3.63. The molecule has 1 aromatic carbocycles. The molecule has 3 unspecified atom stereocenters. The van der Waals surface area contributed by atoms with E-state index in [1.807, 2.05) is 6.92 Å². The molecule has 4 N–H and O–H groups in total. The number of hydrogen-bond donors (Lipinski definition) is 3. The molecule has 18 heavy (non-hydrogen) atoms. The SMILES string of the molecule is CCc1ccc(C(CN)NC(C)C(C)CO)cc1. The van der Waals surface area contributed by atoms with E-state index in [9.17, 15) is 0 Å². The molecule has 0 radical (unpaired) electrons. The van der Waals surface area contributed by atoms with Crippen molar-refractivity contribution in [2.75, 3.05) is 13.2 Å². The van der Waals surface area contributed by atoms with Crippen LogP contribution in [-0.4, -0.2) is 24.3 Å². The average molecular weight is 250 g/mol. The molecule has 0 spiro atoms. The highest BCUT2D eigenvalue weighted by atomic mass is 16.3. The van der Waals surface area contributed by atoms with Crippen molar-refractivity contribution in [1.82, 2.24) is 5.32 Å². The van der Waals surface area contributed by atoms with E-state index in [0.29, 0.717) is 6.54 Å². The van der Waals surface area contributed by atoms with Gasteiger partial charge in [0.1, 0.15) is 0 Å². The van der Waals surface area contributed by atoms with Gasteiger partial charge < -0.3 is 16.2 Å². The Hall–Kier alpha value is -0.900. The summed E-state index contributed by atoms with van der Waals surface area (Å²) in [4.78, 5) is 0. The lowest BCUT2D eigenvalue weighted by atomic mass is 10.00. The van der Waals surface area contributed by atoms with Crippen LogP contribution >= 0.6 is 0 Å². The van der Waals surface area contributed by atoms with Crippen LogP contribution in [0.15, 0.2) is 24.3 Å². The first-order valence-corrected chi connectivity index (χ1v) is 6.78. The third kappa shape index (κ3) is 4.09. The van der Waals surface area contributed by atoms with Gasteiger partial charge in [0.05, 0.1) is 0 Å². The van der Waals surface area contributed by atoms with Crippen LogP contribution in [0.1, 0.15) is 37.9 Å². The molecule has 3 nitrogen and oxygen atoms in total. The molecule has 0 fully saturated rings. The summed E-state index contributed by atoms with van der Waals surface area (Å²) in [7, 11) is 0. The summed E-state index contributed by atoms with van der Waals surface area (Å²) in [6, 6.07) is 8.98. The molecule has 0 saturated carbocycles. The molecule has 1 aromatic rings. The number of nitrogens with two attached hydrogens (primary N) is 1. The zero-order valence-electron chi connectivity index (χ0n) is 11.7. The van der Waals surface area contributed by atoms with Crippen molar-refractivity contribution in [2.24, 2.45) is 11.7 Å². The van der Waals surface area contributed by atoms with E-state index in [1.165, 1.54) is 11.1 Å². The topological polar surface area (TPSA) is 58.3 Å². The van der Waals surface area contributed by atoms with Gasteiger partial charge in [-0.2, -0.15) is 0 Å². The Bertz CT molecular complexity index is 337. The van der Waals surface area contributed by atoms with Gasteiger partial charge in [0.25, 0.3) is 0 Å². The number of nitrogens with one attached hydrogen (secondary N) is 1. The number of hydrogen-bond acceptors (Lipinski definition) is 3. The van der Waals surface area contributed by atoms with Crippen LogP contribution in [-0.2, 0) is 6.42 Å². The fourth-order valence-electron chi connectivity index (χ4n) is 1.93. The summed E-state index contributed by atoms with van der Waals surface area (Å²) >= 11 is 0. The second-order valence-corrected chi connectivity index (χ2v) is 5.00. The molecule has 102 valence electrons. The Balaban J connectivity index is 2.70. The fourth-order valence-corrected chi connectivity index (χ4v) is 1.93. The molecular formula is C15H26N2O. The highest BCUT2D eigenvalue weighted by molar-refractivity contribution is 5.25. The van der Waals surface area contributed by atoms with Crippen LogP contribution in [0.4, 0.5) is 0 Å². The molecule has 0 bridgehead atoms. The van der Waals surface area contributed by atoms with Gasteiger partial charge in [0.15, 0.2) is 0 Å². The minimum atomic E-state index is 0.153. The highest BCUT2D eigenvalue weighted by Gasteiger charge is 2.16. The Labute approximate surface area is 110 Å². The van der Waals surface area contributed by atoms with Crippen molar-refractivity contribution < 1.29 is 5.11 Å². The quantitative estimate of drug-likeness (QED) is 0.692. The second-order valence-electron chi connectivity index (χ2n) is 5.00. The van der Waals surface area contributed by atoms with Crippen LogP contribution in [0.2, 0.25) is 0 Å². The smallest absolute Gasteiger partial charge is 0.0471 e. The number of aryl methyl sites for hydroxylation is 1. The Morgan fingerprint density at radius 2 is 1.83 bits per heavy atom. The summed E-state index contributed by atoms with van der Waals surface area (Å²) in [6.07, 6.45) is 1.05. The van der Waals surface area contributed by atoms with E-state index in [0.717, 1.165) is 6.42 Å². The average Bonchev–Trinajstić information content (AvgIpc) is 2.43. The van der Waals surface area contributed by atoms with Gasteiger partial charge in [-0.25, -0.2) is 0 Å². The van der Waals surface area contributed by atoms with E-state index in [1.54, 1.807) is 0 Å². The minimum absolute atomic E-state index is 0.153. The van der Waals surface area contributed by atoms with Gasteiger partial charge in [-0.1, -0.05) is 38.1 Å². The number of aliphatic hydroxyl groups is 1. The summed E-state index contributed by atoms with van der Waals surface area (Å²) in [5, 5.41) is 12.6. The fraction of sp³-hybridized carbons (Fsp3) is 0.600. The minimum Gasteiger partial charge on any atom is -0.396 e. The first-order valence-electron chi connectivity index (χ1n) is 6.78. The van der Waals surface area contributed by atoms with Crippen molar-refractivity contribution in [2.45, 2.75) is 39.3 Å². The van der Waals surface area contributed by atoms with Crippen LogP contribution in [0, 0.1) is 5.92 Å². The van der Waals surface area contributed by atoms with E-state index in [-0.39, 0.29) is 24.6 Å². The van der Waals surface area contributed by atoms with Crippen LogP contribution in [0.5, 0.6) is 0 Å². The van der Waals surface area contributed by atoms with Crippen molar-refractivity contribution >= 4 is 0 Å². The second kappa shape index (κ2) is 7.52. The summed E-state index contributed by atoms with van der Waals surface area (Å²) in [5.41, 5.74) is 8.39. The molecule has 0 aliphatic heterocycles. The predicted molar refractivity (Wildman–Crippen MR) is 76.5 cm³/mol. The van der Waals surface area contributed by atoms with Crippen molar-refractivity contribution in [3.63, 3.8) is 0 Å². The molecule has 0 saturated heterocycles. The molecule has 1 rings (SSSR count). The Morgan fingerprint density at radius 3 is 2.28 bits per heavy atom. The number of aliphatic hydroxyl groups excluding tert-OH is 1. The van der Waals surface area contributed by atoms with Crippen molar-refractivity contribution in [3.05, 3.63) is 35.4 Å². The third-order valence-electron chi connectivity index (χ3n) is 3.63. The lowest BCUT2D eigenvalue weighted by Gasteiger charge is -2.26. The van der Waals surface area contributed by atoms with E-state index in [2.05, 4.69) is 43.4 Å². The van der Waals surface area contributed by atoms with Gasteiger partial charge >= 0.3 is 0 Å².